The van der Waals surface area contributed by atoms with Crippen LogP contribution in [0.3, 0.4) is 0 Å². The highest BCUT2D eigenvalue weighted by Gasteiger charge is 2.39. The zero-order valence-corrected chi connectivity index (χ0v) is 19.2. The zero-order valence-electron chi connectivity index (χ0n) is 19.2. The van der Waals surface area contributed by atoms with Crippen LogP contribution in [0.15, 0.2) is 67.0 Å². The summed E-state index contributed by atoms with van der Waals surface area (Å²) in [4.78, 5) is 20.1. The molecule has 172 valence electrons. The molecule has 1 amide bonds. The Kier molecular flexibility index (Phi) is 5.59. The first-order valence-electron chi connectivity index (χ1n) is 12.3. The maximum Gasteiger partial charge on any atom is 0.272 e. The average Bonchev–Trinajstić information content (AvgIpc) is 3.51. The summed E-state index contributed by atoms with van der Waals surface area (Å²) in [5.74, 6) is 0.267. The predicted octanol–water partition coefficient (Wildman–Crippen LogP) is 4.90. The van der Waals surface area contributed by atoms with Crippen LogP contribution in [-0.2, 0) is 6.54 Å². The van der Waals surface area contributed by atoms with Crippen molar-refractivity contribution in [3.05, 3.63) is 83.8 Å². The Hall–Kier alpha value is -3.51. The Morgan fingerprint density at radius 3 is 2.71 bits per heavy atom. The van der Waals surface area contributed by atoms with Crippen LogP contribution < -0.4 is 5.32 Å². The van der Waals surface area contributed by atoms with Crippen molar-refractivity contribution < 1.29 is 4.79 Å². The van der Waals surface area contributed by atoms with Gasteiger partial charge in [-0.1, -0.05) is 42.8 Å². The van der Waals surface area contributed by atoms with Crippen LogP contribution in [0.25, 0.3) is 22.0 Å². The third kappa shape index (κ3) is 4.33. The van der Waals surface area contributed by atoms with Gasteiger partial charge in [-0.05, 0) is 67.2 Å². The number of rotatable bonds is 6. The third-order valence-corrected chi connectivity index (χ3v) is 7.10. The second kappa shape index (κ2) is 9.03. The van der Waals surface area contributed by atoms with Crippen LogP contribution in [0.2, 0.25) is 0 Å². The van der Waals surface area contributed by atoms with Gasteiger partial charge in [-0.2, -0.15) is 5.10 Å². The lowest BCUT2D eigenvalue weighted by molar-refractivity contribution is 0.0947. The topological polar surface area (TPSA) is 73.9 Å². The van der Waals surface area contributed by atoms with E-state index in [2.05, 4.69) is 55.7 Å². The number of nitrogens with zero attached hydrogens (tertiary/aromatic N) is 3. The molecular weight excluding hydrogens is 422 g/mol. The number of fused-ring (bicyclic) bond motifs is 1. The van der Waals surface area contributed by atoms with E-state index in [1.807, 2.05) is 36.7 Å². The minimum Gasteiger partial charge on any atom is -0.347 e. The van der Waals surface area contributed by atoms with E-state index >= 15 is 0 Å². The molecule has 2 aromatic carbocycles. The highest BCUT2D eigenvalue weighted by molar-refractivity contribution is 6.05. The largest absolute Gasteiger partial charge is 0.347 e. The molecule has 0 unspecified atom stereocenters. The molecule has 1 aliphatic carbocycles. The summed E-state index contributed by atoms with van der Waals surface area (Å²) < 4.78 is 0. The van der Waals surface area contributed by atoms with Crippen molar-refractivity contribution in [2.45, 2.75) is 44.2 Å². The van der Waals surface area contributed by atoms with E-state index in [0.717, 1.165) is 48.1 Å². The molecule has 1 aliphatic heterocycles. The molecule has 6 nitrogen and oxygen atoms in total. The number of nitrogens with one attached hydrogen (secondary N) is 2. The van der Waals surface area contributed by atoms with Crippen molar-refractivity contribution in [3.63, 3.8) is 0 Å². The fourth-order valence-electron chi connectivity index (χ4n) is 5.13. The Bertz CT molecular complexity index is 1310. The van der Waals surface area contributed by atoms with Gasteiger partial charge in [0.2, 0.25) is 0 Å². The smallest absolute Gasteiger partial charge is 0.272 e. The molecule has 0 bridgehead atoms. The van der Waals surface area contributed by atoms with Gasteiger partial charge in [0.15, 0.2) is 5.69 Å². The van der Waals surface area contributed by atoms with Gasteiger partial charge in [-0.15, -0.1) is 0 Å². The Morgan fingerprint density at radius 2 is 1.85 bits per heavy atom. The lowest BCUT2D eigenvalue weighted by atomic mass is 10.0. The zero-order chi connectivity index (χ0) is 22.9. The maximum absolute atomic E-state index is 13.1. The first-order valence-corrected chi connectivity index (χ1v) is 12.3. The predicted molar refractivity (Wildman–Crippen MR) is 134 cm³/mol. The Morgan fingerprint density at radius 1 is 1.00 bits per heavy atom. The number of aromatic nitrogens is 3. The van der Waals surface area contributed by atoms with Gasteiger partial charge in [-0.25, -0.2) is 0 Å². The molecule has 2 N–H and O–H groups in total. The monoisotopic (exact) mass is 451 g/mol. The molecule has 2 aliphatic rings. The van der Waals surface area contributed by atoms with E-state index in [0.29, 0.717) is 11.6 Å². The molecule has 2 fully saturated rings. The number of pyridine rings is 1. The number of hydrogen-bond acceptors (Lipinski definition) is 4. The molecule has 6 heteroatoms. The number of aromatic amines is 1. The van der Waals surface area contributed by atoms with Crippen LogP contribution >= 0.6 is 0 Å². The van der Waals surface area contributed by atoms with Gasteiger partial charge in [0.05, 0.1) is 5.52 Å². The lowest BCUT2D eigenvalue weighted by Crippen LogP contribution is -2.29. The minimum atomic E-state index is -0.121. The molecule has 4 aromatic rings. The molecule has 0 spiro atoms. The summed E-state index contributed by atoms with van der Waals surface area (Å²) in [5.41, 5.74) is 5.93. The molecule has 1 saturated heterocycles. The standard InChI is InChI=1S/C28H29N5O/c34-28(30-26-15-23(26)20-7-3-1-4-8-20)27-24-14-21(9-10-25(24)31-32-27)22-13-19(16-29-17-22)18-33-11-5-2-6-12-33/h1,3-4,7-10,13-14,16-17,23,26H,2,5-6,11-12,15,18H2,(H,30,34)(H,31,32)/t23-,26+/m1/s1. The molecule has 1 saturated carbocycles. The molecule has 3 heterocycles. The number of hydrogen-bond donors (Lipinski definition) is 2. The summed E-state index contributed by atoms with van der Waals surface area (Å²) in [7, 11) is 0. The SMILES string of the molecule is O=C(N[C@H]1C[C@@H]1c1ccccc1)c1n[nH]c2ccc(-c3cncc(CN4CCCCC4)c3)cc12. The highest BCUT2D eigenvalue weighted by atomic mass is 16.2. The summed E-state index contributed by atoms with van der Waals surface area (Å²) in [6.45, 7) is 3.26. The summed E-state index contributed by atoms with van der Waals surface area (Å²) in [6, 6.07) is 18.9. The van der Waals surface area contributed by atoms with Crippen molar-refractivity contribution in [3.8, 4) is 11.1 Å². The van der Waals surface area contributed by atoms with Gasteiger partial charge in [0.1, 0.15) is 0 Å². The highest BCUT2D eigenvalue weighted by Crippen LogP contribution is 2.40. The van der Waals surface area contributed by atoms with Gasteiger partial charge in [-0.3, -0.25) is 19.8 Å². The fraction of sp³-hybridized carbons (Fsp3) is 0.321. The van der Waals surface area contributed by atoms with Gasteiger partial charge < -0.3 is 5.32 Å². The fourth-order valence-corrected chi connectivity index (χ4v) is 5.13. The summed E-state index contributed by atoms with van der Waals surface area (Å²) in [6.07, 6.45) is 8.73. The van der Waals surface area contributed by atoms with E-state index in [9.17, 15) is 4.79 Å². The maximum atomic E-state index is 13.1. The number of carbonyl (C=O) groups excluding carboxylic acids is 1. The molecular formula is C28H29N5O. The van der Waals surface area contributed by atoms with Crippen LogP contribution in [0, 0.1) is 0 Å². The average molecular weight is 452 g/mol. The second-order valence-corrected chi connectivity index (χ2v) is 9.58. The van der Waals surface area contributed by atoms with Gasteiger partial charge in [0, 0.05) is 41.8 Å². The van der Waals surface area contributed by atoms with E-state index in [-0.39, 0.29) is 11.9 Å². The van der Waals surface area contributed by atoms with Crippen molar-refractivity contribution in [2.24, 2.45) is 0 Å². The number of piperidine rings is 1. The van der Waals surface area contributed by atoms with Crippen LogP contribution in [0.1, 0.15) is 53.2 Å². The van der Waals surface area contributed by atoms with Crippen molar-refractivity contribution in [1.29, 1.82) is 0 Å². The number of benzene rings is 2. The number of H-pyrrole nitrogens is 1. The normalized spacial score (nSPS) is 20.4. The van der Waals surface area contributed by atoms with Gasteiger partial charge in [0.25, 0.3) is 5.91 Å². The third-order valence-electron chi connectivity index (χ3n) is 7.10. The minimum absolute atomic E-state index is 0.121. The lowest BCUT2D eigenvalue weighted by Gasteiger charge is -2.26. The van der Waals surface area contributed by atoms with E-state index in [1.54, 1.807) is 0 Å². The first-order chi connectivity index (χ1) is 16.7. The molecule has 2 aromatic heterocycles. The number of likely N-dealkylation sites (tertiary alicyclic amines) is 1. The Balaban J connectivity index is 1.20. The number of carbonyl (C=O) groups is 1. The number of amides is 1. The quantitative estimate of drug-likeness (QED) is 0.437. The molecule has 0 radical (unpaired) electrons. The first kappa shape index (κ1) is 21.1. The van der Waals surface area contributed by atoms with E-state index < -0.39 is 0 Å². The summed E-state index contributed by atoms with van der Waals surface area (Å²) in [5, 5.41) is 11.4. The molecule has 2 atom stereocenters. The van der Waals surface area contributed by atoms with Crippen LogP contribution in [0.4, 0.5) is 0 Å². The van der Waals surface area contributed by atoms with E-state index in [1.165, 1.54) is 30.4 Å². The van der Waals surface area contributed by atoms with Crippen LogP contribution in [0.5, 0.6) is 0 Å². The van der Waals surface area contributed by atoms with E-state index in [4.69, 9.17) is 0 Å². The second-order valence-electron chi connectivity index (χ2n) is 9.58. The summed E-state index contributed by atoms with van der Waals surface area (Å²) >= 11 is 0. The molecule has 34 heavy (non-hydrogen) atoms. The van der Waals surface area contributed by atoms with Crippen LogP contribution in [-0.4, -0.2) is 45.1 Å². The van der Waals surface area contributed by atoms with Gasteiger partial charge >= 0.3 is 0 Å². The van der Waals surface area contributed by atoms with Crippen molar-refractivity contribution in [2.75, 3.05) is 13.1 Å². The van der Waals surface area contributed by atoms with Crippen molar-refractivity contribution >= 4 is 16.8 Å². The van der Waals surface area contributed by atoms with Crippen molar-refractivity contribution in [1.82, 2.24) is 25.4 Å². The Labute approximate surface area is 199 Å². The molecule has 6 rings (SSSR count).